The normalized spacial score (nSPS) is 13.6. The van der Waals surface area contributed by atoms with Gasteiger partial charge in [0.05, 0.1) is 24.7 Å². The summed E-state index contributed by atoms with van der Waals surface area (Å²) in [7, 11) is 3.79. The molecule has 11 nitrogen and oxygen atoms in total. The van der Waals surface area contributed by atoms with Crippen molar-refractivity contribution in [1.29, 1.82) is 10.7 Å². The molecule has 11 heteroatoms. The summed E-state index contributed by atoms with van der Waals surface area (Å²) in [6.45, 7) is 3.77. The van der Waals surface area contributed by atoms with E-state index in [4.69, 9.17) is 16.0 Å². The van der Waals surface area contributed by atoms with Crippen LogP contribution in [-0.4, -0.2) is 61.0 Å². The molecule has 3 aromatic rings. The number of aromatic nitrogens is 2. The third-order valence-electron chi connectivity index (χ3n) is 5.78. The molecule has 1 fully saturated rings. The van der Waals surface area contributed by atoms with Gasteiger partial charge in [0, 0.05) is 37.4 Å². The lowest BCUT2D eigenvalue weighted by atomic mass is 10.1. The molecule has 6 N–H and O–H groups in total. The van der Waals surface area contributed by atoms with Gasteiger partial charge in [-0.1, -0.05) is 12.1 Å². The average molecular weight is 473 g/mol. The molecule has 0 bridgehead atoms. The van der Waals surface area contributed by atoms with Gasteiger partial charge in [0.25, 0.3) is 0 Å². The van der Waals surface area contributed by atoms with Gasteiger partial charge >= 0.3 is 0 Å². The number of rotatable bonds is 7. The molecule has 0 radical (unpaired) electrons. The minimum absolute atomic E-state index is 0.0358. The summed E-state index contributed by atoms with van der Waals surface area (Å²) in [5.41, 5.74) is 5.53. The molecule has 1 aromatic heterocycles. The standard InChI is InChI=1S/C24H28N10O/c1-33-9-11-34(12-10-33)20-13-17(7-8-21(20)35-2)29-24-28-15-16(14-25)23(31-24)30-19-6-4-3-5-18(19)22(26)32-27/h3-8,13,15H,9-12,27H2,1-2H3,(H2,26,32)(H2,28,29,30,31). The van der Waals surface area contributed by atoms with E-state index in [0.29, 0.717) is 23.0 Å². The summed E-state index contributed by atoms with van der Waals surface area (Å²) in [5.74, 6) is 6.90. The molecule has 2 heterocycles. The number of hydrogen-bond acceptors (Lipinski definition) is 10. The number of amidine groups is 1. The second-order valence-corrected chi connectivity index (χ2v) is 8.06. The van der Waals surface area contributed by atoms with Crippen molar-refractivity contribution in [2.24, 2.45) is 5.84 Å². The first-order valence-electron chi connectivity index (χ1n) is 11.1. The highest BCUT2D eigenvalue weighted by Crippen LogP contribution is 2.33. The van der Waals surface area contributed by atoms with Crippen LogP contribution in [0, 0.1) is 16.7 Å². The zero-order valence-corrected chi connectivity index (χ0v) is 19.7. The monoisotopic (exact) mass is 472 g/mol. The number of nitrogens with zero attached hydrogens (tertiary/aromatic N) is 5. The fourth-order valence-electron chi connectivity index (χ4n) is 3.83. The maximum Gasteiger partial charge on any atom is 0.229 e. The summed E-state index contributed by atoms with van der Waals surface area (Å²) < 4.78 is 5.59. The summed E-state index contributed by atoms with van der Waals surface area (Å²) >= 11 is 0. The highest BCUT2D eigenvalue weighted by Gasteiger charge is 2.19. The molecule has 0 atom stereocenters. The molecule has 4 rings (SSSR count). The predicted molar refractivity (Wildman–Crippen MR) is 137 cm³/mol. The second kappa shape index (κ2) is 10.7. The number of nitrogens with one attached hydrogen (secondary N) is 4. The molecule has 0 saturated carbocycles. The predicted octanol–water partition coefficient (Wildman–Crippen LogP) is 2.38. The Morgan fingerprint density at radius 2 is 1.91 bits per heavy atom. The Bertz CT molecular complexity index is 1250. The van der Waals surface area contributed by atoms with Crippen LogP contribution >= 0.6 is 0 Å². The van der Waals surface area contributed by atoms with Gasteiger partial charge in [-0.25, -0.2) is 10.8 Å². The average Bonchev–Trinajstić information content (AvgIpc) is 2.89. The van der Waals surface area contributed by atoms with Crippen molar-refractivity contribution >= 4 is 34.7 Å². The highest BCUT2D eigenvalue weighted by atomic mass is 16.5. The second-order valence-electron chi connectivity index (χ2n) is 8.06. The fourth-order valence-corrected chi connectivity index (χ4v) is 3.83. The molecule has 1 saturated heterocycles. The number of methoxy groups -OCH3 is 1. The van der Waals surface area contributed by atoms with Gasteiger partial charge in [-0.05, 0) is 37.4 Å². The smallest absolute Gasteiger partial charge is 0.229 e. The Morgan fingerprint density at radius 3 is 2.63 bits per heavy atom. The van der Waals surface area contributed by atoms with E-state index in [1.807, 2.05) is 24.3 Å². The van der Waals surface area contributed by atoms with Gasteiger partial charge < -0.3 is 30.6 Å². The Morgan fingerprint density at radius 1 is 1.14 bits per heavy atom. The van der Waals surface area contributed by atoms with Crippen molar-refractivity contribution in [2.75, 3.05) is 55.9 Å². The Balaban J connectivity index is 1.61. The van der Waals surface area contributed by atoms with E-state index in [9.17, 15) is 5.26 Å². The molecule has 0 unspecified atom stereocenters. The van der Waals surface area contributed by atoms with Crippen LogP contribution in [0.3, 0.4) is 0 Å². The first kappa shape index (κ1) is 23.7. The molecular weight excluding hydrogens is 444 g/mol. The molecule has 0 amide bonds. The van der Waals surface area contributed by atoms with Crippen LogP contribution in [0.1, 0.15) is 11.1 Å². The van der Waals surface area contributed by atoms with Crippen LogP contribution in [0.4, 0.5) is 28.8 Å². The first-order chi connectivity index (χ1) is 17.0. The van der Waals surface area contributed by atoms with Gasteiger partial charge in [-0.2, -0.15) is 10.2 Å². The topological polar surface area (TPSA) is 151 Å². The molecule has 180 valence electrons. The Hall–Kier alpha value is -4.40. The van der Waals surface area contributed by atoms with Crippen molar-refractivity contribution < 1.29 is 4.74 Å². The van der Waals surface area contributed by atoms with E-state index in [1.54, 1.807) is 25.3 Å². The summed E-state index contributed by atoms with van der Waals surface area (Å²) in [4.78, 5) is 13.4. The van der Waals surface area contributed by atoms with Gasteiger partial charge in [0.15, 0.2) is 5.82 Å². The van der Waals surface area contributed by atoms with Crippen molar-refractivity contribution in [1.82, 2.24) is 20.3 Å². The van der Waals surface area contributed by atoms with Crippen LogP contribution in [0.25, 0.3) is 0 Å². The lowest BCUT2D eigenvalue weighted by molar-refractivity contribution is 0.311. The van der Waals surface area contributed by atoms with Gasteiger partial charge in [0.1, 0.15) is 23.2 Å². The van der Waals surface area contributed by atoms with Crippen molar-refractivity contribution in [3.63, 3.8) is 0 Å². The van der Waals surface area contributed by atoms with Crippen LogP contribution < -0.4 is 31.5 Å². The fraction of sp³-hybridized carbons (Fsp3) is 0.250. The van der Waals surface area contributed by atoms with E-state index >= 15 is 0 Å². The SMILES string of the molecule is COc1ccc(Nc2ncc(C#N)c(Nc3ccccc3C(=N)NN)n2)cc1N1CCN(C)CC1. The van der Waals surface area contributed by atoms with Gasteiger partial charge in [-0.3, -0.25) is 5.41 Å². The number of hydrogen-bond donors (Lipinski definition) is 5. The van der Waals surface area contributed by atoms with Crippen molar-refractivity contribution in [2.45, 2.75) is 0 Å². The number of nitriles is 1. The highest BCUT2D eigenvalue weighted by molar-refractivity contribution is 6.01. The molecule has 0 spiro atoms. The zero-order valence-electron chi connectivity index (χ0n) is 19.7. The van der Waals surface area contributed by atoms with E-state index in [0.717, 1.165) is 43.3 Å². The van der Waals surface area contributed by atoms with Crippen LogP contribution in [0.15, 0.2) is 48.7 Å². The molecule has 1 aliphatic heterocycles. The Labute approximate surface area is 204 Å². The van der Waals surface area contributed by atoms with Crippen molar-refractivity contribution in [3.05, 3.63) is 59.8 Å². The number of anilines is 5. The van der Waals surface area contributed by atoms with Crippen molar-refractivity contribution in [3.8, 4) is 11.8 Å². The van der Waals surface area contributed by atoms with Crippen LogP contribution in [-0.2, 0) is 0 Å². The first-order valence-corrected chi connectivity index (χ1v) is 11.1. The largest absolute Gasteiger partial charge is 0.495 e. The maximum absolute atomic E-state index is 9.57. The third-order valence-corrected chi connectivity index (χ3v) is 5.78. The number of benzene rings is 2. The van der Waals surface area contributed by atoms with Gasteiger partial charge in [0.2, 0.25) is 5.95 Å². The summed E-state index contributed by atoms with van der Waals surface area (Å²) in [6.07, 6.45) is 1.46. The third kappa shape index (κ3) is 5.40. The number of likely N-dealkylation sites (N-methyl/N-ethyl adjacent to an activating group) is 1. The van der Waals surface area contributed by atoms with E-state index in [2.05, 4.69) is 48.9 Å². The zero-order chi connectivity index (χ0) is 24.8. The quantitative estimate of drug-likeness (QED) is 0.150. The molecule has 1 aliphatic rings. The number of hydrazine groups is 1. The minimum atomic E-state index is 0.0358. The van der Waals surface area contributed by atoms with Crippen LogP contribution in [0.2, 0.25) is 0 Å². The number of nitrogens with two attached hydrogens (primary N) is 1. The number of para-hydroxylation sites is 1. The lowest BCUT2D eigenvalue weighted by Gasteiger charge is -2.34. The summed E-state index contributed by atoms with van der Waals surface area (Å²) in [6, 6.07) is 15.1. The number of piperazine rings is 1. The van der Waals surface area contributed by atoms with Crippen LogP contribution in [0.5, 0.6) is 5.75 Å². The van der Waals surface area contributed by atoms with E-state index in [1.165, 1.54) is 6.20 Å². The lowest BCUT2D eigenvalue weighted by Crippen LogP contribution is -2.44. The van der Waals surface area contributed by atoms with E-state index in [-0.39, 0.29) is 11.4 Å². The molecule has 0 aliphatic carbocycles. The minimum Gasteiger partial charge on any atom is -0.495 e. The maximum atomic E-state index is 9.57. The molecule has 2 aromatic carbocycles. The van der Waals surface area contributed by atoms with Gasteiger partial charge in [-0.15, -0.1) is 0 Å². The Kier molecular flexibility index (Phi) is 7.25. The number of ether oxygens (including phenoxy) is 1. The summed E-state index contributed by atoms with van der Waals surface area (Å²) in [5, 5.41) is 24.0. The molecular formula is C24H28N10O. The van der Waals surface area contributed by atoms with E-state index < -0.39 is 0 Å². The molecule has 35 heavy (non-hydrogen) atoms.